The number of aryl methyl sites for hydroxylation is 2. The molecule has 0 amide bonds. The van der Waals surface area contributed by atoms with Crippen LogP contribution >= 0.6 is 39.5 Å². The molecule has 6 heteroatoms. The zero-order valence-corrected chi connectivity index (χ0v) is 16.3. The molecule has 24 heavy (non-hydrogen) atoms. The van der Waals surface area contributed by atoms with Crippen LogP contribution in [0.25, 0.3) is 22.2 Å². The van der Waals surface area contributed by atoms with Crippen LogP contribution < -0.4 is 5.56 Å². The predicted octanol–water partition coefficient (Wildman–Crippen LogP) is 5.41. The summed E-state index contributed by atoms with van der Waals surface area (Å²) in [6, 6.07) is 11.8. The fourth-order valence-corrected chi connectivity index (χ4v) is 4.48. The van der Waals surface area contributed by atoms with Crippen molar-refractivity contribution in [3.8, 4) is 5.69 Å². The van der Waals surface area contributed by atoms with Gasteiger partial charge in [-0.05, 0) is 55.9 Å². The SMILES string of the molecule is Cc1ccc(-n2c(=O)c3cc(Br)ccc3n3c(=S)scc23)c(C)c1. The van der Waals surface area contributed by atoms with Crippen LogP contribution in [0.3, 0.4) is 0 Å². The molecule has 4 rings (SSSR count). The Morgan fingerprint density at radius 3 is 2.67 bits per heavy atom. The Morgan fingerprint density at radius 1 is 1.12 bits per heavy atom. The second-order valence-electron chi connectivity index (χ2n) is 5.79. The number of fused-ring (bicyclic) bond motifs is 3. The molecular weight excluding hydrogens is 404 g/mol. The Kier molecular flexibility index (Phi) is 3.71. The van der Waals surface area contributed by atoms with E-state index in [4.69, 9.17) is 12.2 Å². The van der Waals surface area contributed by atoms with Gasteiger partial charge in [0.25, 0.3) is 5.56 Å². The van der Waals surface area contributed by atoms with Crippen LogP contribution in [0.15, 0.2) is 51.0 Å². The Hall–Kier alpha value is -1.76. The summed E-state index contributed by atoms with van der Waals surface area (Å²) >= 11 is 10.4. The third-order valence-electron chi connectivity index (χ3n) is 4.13. The van der Waals surface area contributed by atoms with Crippen molar-refractivity contribution in [3.05, 3.63) is 71.7 Å². The molecule has 2 heterocycles. The van der Waals surface area contributed by atoms with Crippen LogP contribution in [-0.4, -0.2) is 8.97 Å². The van der Waals surface area contributed by atoms with Gasteiger partial charge in [0.15, 0.2) is 3.95 Å². The maximum absolute atomic E-state index is 13.2. The van der Waals surface area contributed by atoms with Gasteiger partial charge in [-0.3, -0.25) is 13.8 Å². The first-order chi connectivity index (χ1) is 11.5. The minimum atomic E-state index is -0.0361. The molecule has 0 saturated carbocycles. The summed E-state index contributed by atoms with van der Waals surface area (Å²) < 4.78 is 5.34. The quantitative estimate of drug-likeness (QED) is 0.387. The van der Waals surface area contributed by atoms with E-state index in [9.17, 15) is 4.79 Å². The van der Waals surface area contributed by atoms with E-state index in [1.165, 1.54) is 16.9 Å². The standard InChI is InChI=1S/C18H13BrN2OS2/c1-10-3-5-14(11(2)7-10)20-16-9-24-18(23)21(16)15-6-4-12(19)8-13(15)17(20)22/h3-9H,1-2H3. The predicted molar refractivity (Wildman–Crippen MR) is 106 cm³/mol. The minimum Gasteiger partial charge on any atom is -0.276 e. The number of halogens is 1. The highest BCUT2D eigenvalue weighted by atomic mass is 79.9. The minimum absolute atomic E-state index is 0.0361. The first kappa shape index (κ1) is 15.7. The molecule has 0 atom stereocenters. The van der Waals surface area contributed by atoms with Gasteiger partial charge in [0.2, 0.25) is 0 Å². The van der Waals surface area contributed by atoms with Crippen LogP contribution in [0.2, 0.25) is 0 Å². The molecule has 3 nitrogen and oxygen atoms in total. The maximum Gasteiger partial charge on any atom is 0.266 e. The third-order valence-corrected chi connectivity index (χ3v) is 5.81. The molecule has 0 bridgehead atoms. The highest BCUT2D eigenvalue weighted by Gasteiger charge is 2.15. The average molecular weight is 417 g/mol. The van der Waals surface area contributed by atoms with E-state index in [2.05, 4.69) is 22.0 Å². The van der Waals surface area contributed by atoms with Gasteiger partial charge >= 0.3 is 0 Å². The lowest BCUT2D eigenvalue weighted by Crippen LogP contribution is -2.22. The number of benzene rings is 2. The van der Waals surface area contributed by atoms with Crippen LogP contribution in [-0.2, 0) is 0 Å². The summed E-state index contributed by atoms with van der Waals surface area (Å²) in [7, 11) is 0. The molecule has 2 aromatic heterocycles. The van der Waals surface area contributed by atoms with E-state index in [0.717, 1.165) is 30.8 Å². The number of rotatable bonds is 1. The van der Waals surface area contributed by atoms with Crippen molar-refractivity contribution in [2.45, 2.75) is 13.8 Å². The van der Waals surface area contributed by atoms with E-state index in [1.54, 1.807) is 4.57 Å². The van der Waals surface area contributed by atoms with Crippen LogP contribution in [0, 0.1) is 17.8 Å². The van der Waals surface area contributed by atoms with Crippen LogP contribution in [0.4, 0.5) is 0 Å². The lowest BCUT2D eigenvalue weighted by Gasteiger charge is -2.14. The zero-order chi connectivity index (χ0) is 17.0. The largest absolute Gasteiger partial charge is 0.276 e. The van der Waals surface area contributed by atoms with E-state index in [1.807, 2.05) is 54.0 Å². The van der Waals surface area contributed by atoms with Gasteiger partial charge in [0, 0.05) is 9.85 Å². The Morgan fingerprint density at radius 2 is 1.92 bits per heavy atom. The van der Waals surface area contributed by atoms with Gasteiger partial charge in [-0.25, -0.2) is 0 Å². The van der Waals surface area contributed by atoms with Gasteiger partial charge < -0.3 is 0 Å². The van der Waals surface area contributed by atoms with Crippen molar-refractivity contribution < 1.29 is 0 Å². The first-order valence-corrected chi connectivity index (χ1v) is 9.47. The normalized spacial score (nSPS) is 11.5. The fourth-order valence-electron chi connectivity index (χ4n) is 3.06. The van der Waals surface area contributed by atoms with Crippen molar-refractivity contribution in [1.82, 2.24) is 8.97 Å². The number of thiazole rings is 1. The highest BCUT2D eigenvalue weighted by Crippen LogP contribution is 2.25. The van der Waals surface area contributed by atoms with E-state index < -0.39 is 0 Å². The molecule has 0 saturated heterocycles. The van der Waals surface area contributed by atoms with Gasteiger partial charge in [0.1, 0.15) is 5.65 Å². The van der Waals surface area contributed by atoms with Gasteiger partial charge in [0.05, 0.1) is 16.6 Å². The number of hydrogen-bond donors (Lipinski definition) is 0. The van der Waals surface area contributed by atoms with Crippen molar-refractivity contribution in [1.29, 1.82) is 0 Å². The van der Waals surface area contributed by atoms with E-state index in [-0.39, 0.29) is 5.56 Å². The molecule has 4 aromatic rings. The molecule has 0 spiro atoms. The Labute approximate surface area is 155 Å². The summed E-state index contributed by atoms with van der Waals surface area (Å²) in [4.78, 5) is 13.2. The molecule has 0 fully saturated rings. The summed E-state index contributed by atoms with van der Waals surface area (Å²) in [5.74, 6) is 0. The monoisotopic (exact) mass is 416 g/mol. The smallest absolute Gasteiger partial charge is 0.266 e. The van der Waals surface area contributed by atoms with E-state index >= 15 is 0 Å². The number of hydrogen-bond acceptors (Lipinski definition) is 3. The molecule has 2 aromatic carbocycles. The second kappa shape index (κ2) is 5.65. The first-order valence-electron chi connectivity index (χ1n) is 7.39. The molecule has 0 N–H and O–H groups in total. The molecule has 0 radical (unpaired) electrons. The number of nitrogens with zero attached hydrogens (tertiary/aromatic N) is 2. The van der Waals surface area contributed by atoms with Gasteiger partial charge in [-0.1, -0.05) is 33.6 Å². The molecular formula is C18H13BrN2OS2. The Balaban J connectivity index is 2.28. The lowest BCUT2D eigenvalue weighted by atomic mass is 10.1. The summed E-state index contributed by atoms with van der Waals surface area (Å²) in [5, 5.41) is 2.59. The second-order valence-corrected chi connectivity index (χ2v) is 8.21. The molecule has 0 aliphatic rings. The highest BCUT2D eigenvalue weighted by molar-refractivity contribution is 9.10. The molecule has 0 unspecified atom stereocenters. The van der Waals surface area contributed by atoms with Crippen LogP contribution in [0.1, 0.15) is 11.1 Å². The van der Waals surface area contributed by atoms with Crippen molar-refractivity contribution in [3.63, 3.8) is 0 Å². The average Bonchev–Trinajstić information content (AvgIpc) is 2.91. The van der Waals surface area contributed by atoms with Gasteiger partial charge in [-0.2, -0.15) is 0 Å². The zero-order valence-electron chi connectivity index (χ0n) is 13.0. The Bertz CT molecular complexity index is 1230. The van der Waals surface area contributed by atoms with E-state index in [0.29, 0.717) is 5.39 Å². The van der Waals surface area contributed by atoms with Crippen molar-refractivity contribution in [2.75, 3.05) is 0 Å². The fraction of sp³-hybridized carbons (Fsp3) is 0.111. The van der Waals surface area contributed by atoms with Gasteiger partial charge in [-0.15, -0.1) is 11.3 Å². The lowest BCUT2D eigenvalue weighted by molar-refractivity contribution is 0.984. The molecule has 120 valence electrons. The number of aromatic nitrogens is 2. The topological polar surface area (TPSA) is 26.4 Å². The molecule has 0 aliphatic heterocycles. The maximum atomic E-state index is 13.2. The third kappa shape index (κ3) is 2.29. The van der Waals surface area contributed by atoms with Crippen LogP contribution in [0.5, 0.6) is 0 Å². The van der Waals surface area contributed by atoms with Crippen molar-refractivity contribution in [2.24, 2.45) is 0 Å². The summed E-state index contributed by atoms with van der Waals surface area (Å²) in [5.41, 5.74) is 4.72. The summed E-state index contributed by atoms with van der Waals surface area (Å²) in [6.07, 6.45) is 0. The summed E-state index contributed by atoms with van der Waals surface area (Å²) in [6.45, 7) is 4.07. The molecule has 0 aliphatic carbocycles. The van der Waals surface area contributed by atoms with Crippen molar-refractivity contribution >= 4 is 56.0 Å².